The van der Waals surface area contributed by atoms with Crippen LogP contribution in [-0.4, -0.2) is 70.0 Å². The van der Waals surface area contributed by atoms with E-state index in [1.165, 1.54) is 0 Å². The SMILES string of the molecule is O=C(CCCN1CCCC1=O)N[C@@H]1CCN(Cc2cscn2)C[C@H]1O. The number of amides is 2. The molecule has 0 unspecified atom stereocenters. The maximum Gasteiger partial charge on any atom is 0.222 e. The van der Waals surface area contributed by atoms with Crippen LogP contribution in [0.5, 0.6) is 0 Å². The molecule has 0 spiro atoms. The number of β-amino-alcohol motifs (C(OH)–C–C–N with tert-alkyl or cyclic N) is 1. The van der Waals surface area contributed by atoms with Gasteiger partial charge in [0.05, 0.1) is 23.4 Å². The maximum absolute atomic E-state index is 12.1. The quantitative estimate of drug-likeness (QED) is 0.738. The Morgan fingerprint density at radius 3 is 3.00 bits per heavy atom. The third-order valence-electron chi connectivity index (χ3n) is 4.88. The molecular weight excluding hydrogens is 340 g/mol. The van der Waals surface area contributed by atoms with E-state index in [1.807, 2.05) is 15.8 Å². The lowest BCUT2D eigenvalue weighted by Gasteiger charge is -2.36. The number of piperidine rings is 1. The number of nitrogens with one attached hydrogen (secondary N) is 1. The molecular formula is C17H26N4O3S. The number of likely N-dealkylation sites (tertiary alicyclic amines) is 2. The van der Waals surface area contributed by atoms with Gasteiger partial charge in [-0.3, -0.25) is 14.5 Å². The molecule has 2 atom stereocenters. The van der Waals surface area contributed by atoms with Gasteiger partial charge in [0.2, 0.25) is 11.8 Å². The largest absolute Gasteiger partial charge is 0.390 e. The molecule has 0 saturated carbocycles. The summed E-state index contributed by atoms with van der Waals surface area (Å²) in [5.74, 6) is 0.159. The first-order chi connectivity index (χ1) is 12.1. The van der Waals surface area contributed by atoms with Crippen LogP contribution in [-0.2, 0) is 16.1 Å². The van der Waals surface area contributed by atoms with Gasteiger partial charge in [0, 0.05) is 50.9 Å². The van der Waals surface area contributed by atoms with Crippen LogP contribution in [0.4, 0.5) is 0 Å². The zero-order chi connectivity index (χ0) is 17.6. The average Bonchev–Trinajstić information content (AvgIpc) is 3.22. The van der Waals surface area contributed by atoms with E-state index in [2.05, 4.69) is 15.2 Å². The lowest BCUT2D eigenvalue weighted by atomic mass is 10.0. The van der Waals surface area contributed by atoms with Crippen molar-refractivity contribution in [3.8, 4) is 0 Å². The second-order valence-corrected chi connectivity index (χ2v) is 7.55. The van der Waals surface area contributed by atoms with E-state index in [-0.39, 0.29) is 17.9 Å². The average molecular weight is 366 g/mol. The Kier molecular flexibility index (Phi) is 6.39. The van der Waals surface area contributed by atoms with Crippen LogP contribution in [0, 0.1) is 0 Å². The minimum Gasteiger partial charge on any atom is -0.390 e. The molecule has 2 aliphatic rings. The summed E-state index contributed by atoms with van der Waals surface area (Å²) in [6.07, 6.45) is 2.82. The van der Waals surface area contributed by atoms with E-state index >= 15 is 0 Å². The Balaban J connectivity index is 1.35. The van der Waals surface area contributed by atoms with Crippen molar-refractivity contribution in [2.45, 2.75) is 50.8 Å². The first-order valence-electron chi connectivity index (χ1n) is 8.96. The molecule has 7 nitrogen and oxygen atoms in total. The van der Waals surface area contributed by atoms with Crippen molar-refractivity contribution in [2.75, 3.05) is 26.2 Å². The summed E-state index contributed by atoms with van der Waals surface area (Å²) in [5, 5.41) is 15.3. The van der Waals surface area contributed by atoms with Crippen molar-refractivity contribution in [3.63, 3.8) is 0 Å². The minimum absolute atomic E-state index is 0.0383. The van der Waals surface area contributed by atoms with E-state index in [0.29, 0.717) is 32.4 Å². The van der Waals surface area contributed by atoms with Crippen LogP contribution in [0.3, 0.4) is 0 Å². The summed E-state index contributed by atoms with van der Waals surface area (Å²) in [6, 6.07) is -0.187. The predicted octanol–water partition coefficient (Wildman–Crippen LogP) is 0.597. The third kappa shape index (κ3) is 5.23. The lowest BCUT2D eigenvalue weighted by Crippen LogP contribution is -2.53. The number of thiazole rings is 1. The molecule has 2 amide bonds. The van der Waals surface area contributed by atoms with Gasteiger partial charge in [-0.1, -0.05) is 0 Å². The first-order valence-corrected chi connectivity index (χ1v) is 9.91. The molecule has 0 aliphatic carbocycles. The fourth-order valence-electron chi connectivity index (χ4n) is 3.50. The number of hydrogen-bond donors (Lipinski definition) is 2. The number of aromatic nitrogens is 1. The number of aliphatic hydroxyl groups excluding tert-OH is 1. The Hall–Kier alpha value is -1.51. The highest BCUT2D eigenvalue weighted by Crippen LogP contribution is 2.15. The second kappa shape index (κ2) is 8.73. The summed E-state index contributed by atoms with van der Waals surface area (Å²) < 4.78 is 0. The Bertz CT molecular complexity index is 580. The molecule has 0 radical (unpaired) electrons. The molecule has 2 saturated heterocycles. The zero-order valence-electron chi connectivity index (χ0n) is 14.4. The van der Waals surface area contributed by atoms with Crippen molar-refractivity contribution >= 4 is 23.2 Å². The highest BCUT2D eigenvalue weighted by molar-refractivity contribution is 7.07. The summed E-state index contributed by atoms with van der Waals surface area (Å²) in [7, 11) is 0. The number of aliphatic hydroxyl groups is 1. The van der Waals surface area contributed by atoms with Crippen molar-refractivity contribution in [1.29, 1.82) is 0 Å². The van der Waals surface area contributed by atoms with Crippen LogP contribution in [0.15, 0.2) is 10.9 Å². The van der Waals surface area contributed by atoms with Gasteiger partial charge < -0.3 is 15.3 Å². The van der Waals surface area contributed by atoms with Gasteiger partial charge in [-0.05, 0) is 19.3 Å². The second-order valence-electron chi connectivity index (χ2n) is 6.83. The van der Waals surface area contributed by atoms with E-state index in [0.717, 1.165) is 38.2 Å². The topological polar surface area (TPSA) is 85.8 Å². The van der Waals surface area contributed by atoms with Gasteiger partial charge in [-0.15, -0.1) is 11.3 Å². The summed E-state index contributed by atoms with van der Waals surface area (Å²) in [6.45, 7) is 3.59. The van der Waals surface area contributed by atoms with Crippen LogP contribution in [0.1, 0.15) is 37.8 Å². The molecule has 0 aromatic carbocycles. The van der Waals surface area contributed by atoms with Crippen molar-refractivity contribution in [3.05, 3.63) is 16.6 Å². The van der Waals surface area contributed by atoms with Crippen LogP contribution in [0.2, 0.25) is 0 Å². The zero-order valence-corrected chi connectivity index (χ0v) is 15.2. The number of carbonyl (C=O) groups is 2. The molecule has 138 valence electrons. The van der Waals surface area contributed by atoms with Gasteiger partial charge in [0.1, 0.15) is 0 Å². The molecule has 2 N–H and O–H groups in total. The highest BCUT2D eigenvalue weighted by atomic mass is 32.1. The smallest absolute Gasteiger partial charge is 0.222 e. The highest BCUT2D eigenvalue weighted by Gasteiger charge is 2.29. The lowest BCUT2D eigenvalue weighted by molar-refractivity contribution is -0.128. The Morgan fingerprint density at radius 1 is 1.44 bits per heavy atom. The molecule has 8 heteroatoms. The molecule has 25 heavy (non-hydrogen) atoms. The molecule has 3 heterocycles. The van der Waals surface area contributed by atoms with E-state index in [9.17, 15) is 14.7 Å². The number of carbonyl (C=O) groups excluding carboxylic acids is 2. The van der Waals surface area contributed by atoms with Crippen LogP contribution < -0.4 is 5.32 Å². The van der Waals surface area contributed by atoms with Gasteiger partial charge >= 0.3 is 0 Å². The fourth-order valence-corrected chi connectivity index (χ4v) is 4.05. The van der Waals surface area contributed by atoms with Crippen molar-refractivity contribution < 1.29 is 14.7 Å². The summed E-state index contributed by atoms with van der Waals surface area (Å²) >= 11 is 1.57. The fraction of sp³-hybridized carbons (Fsp3) is 0.706. The van der Waals surface area contributed by atoms with E-state index in [4.69, 9.17) is 0 Å². The monoisotopic (exact) mass is 366 g/mol. The maximum atomic E-state index is 12.1. The summed E-state index contributed by atoms with van der Waals surface area (Å²) in [4.78, 5) is 31.9. The Labute approximate surface area is 152 Å². The number of nitrogens with zero attached hydrogens (tertiary/aromatic N) is 3. The van der Waals surface area contributed by atoms with Gasteiger partial charge in [0.15, 0.2) is 0 Å². The molecule has 2 aliphatic heterocycles. The molecule has 3 rings (SSSR count). The number of hydrogen-bond acceptors (Lipinski definition) is 6. The van der Waals surface area contributed by atoms with Gasteiger partial charge in [-0.2, -0.15) is 0 Å². The molecule has 2 fully saturated rings. The predicted molar refractivity (Wildman–Crippen MR) is 95.0 cm³/mol. The minimum atomic E-state index is -0.559. The standard InChI is InChI=1S/C17H26N4O3S/c22-15-10-20(9-13-11-25-12-18-13)8-5-14(15)19-16(23)3-1-6-21-7-2-4-17(21)24/h11-12,14-15,22H,1-10H2,(H,19,23)/t14-,15-/m1/s1. The Morgan fingerprint density at radius 2 is 2.32 bits per heavy atom. The van der Waals surface area contributed by atoms with E-state index in [1.54, 1.807) is 11.3 Å². The van der Waals surface area contributed by atoms with E-state index < -0.39 is 6.10 Å². The van der Waals surface area contributed by atoms with Crippen molar-refractivity contribution in [1.82, 2.24) is 20.1 Å². The van der Waals surface area contributed by atoms with Crippen molar-refractivity contribution in [2.24, 2.45) is 0 Å². The van der Waals surface area contributed by atoms with Crippen LogP contribution >= 0.6 is 11.3 Å². The molecule has 1 aromatic rings. The first kappa shape index (κ1) is 18.3. The molecule has 1 aromatic heterocycles. The normalized spacial score (nSPS) is 24.7. The summed E-state index contributed by atoms with van der Waals surface area (Å²) in [5.41, 5.74) is 2.84. The molecule has 0 bridgehead atoms. The third-order valence-corrected chi connectivity index (χ3v) is 5.52. The van der Waals surface area contributed by atoms with Gasteiger partial charge in [-0.25, -0.2) is 4.98 Å². The van der Waals surface area contributed by atoms with Gasteiger partial charge in [0.25, 0.3) is 0 Å². The number of rotatable bonds is 7. The van der Waals surface area contributed by atoms with Crippen LogP contribution in [0.25, 0.3) is 0 Å².